The van der Waals surface area contributed by atoms with Crippen molar-refractivity contribution in [3.63, 3.8) is 0 Å². The van der Waals surface area contributed by atoms with Crippen molar-refractivity contribution in [1.29, 1.82) is 0 Å². The van der Waals surface area contributed by atoms with Gasteiger partial charge in [-0.3, -0.25) is 0 Å². The minimum atomic E-state index is -0.699. The van der Waals surface area contributed by atoms with E-state index in [-0.39, 0.29) is 0 Å². The first-order valence-electron chi connectivity index (χ1n) is 10.2. The van der Waals surface area contributed by atoms with Crippen LogP contribution in [0.1, 0.15) is 25.3 Å². The van der Waals surface area contributed by atoms with Gasteiger partial charge in [-0.25, -0.2) is 0 Å². The summed E-state index contributed by atoms with van der Waals surface area (Å²) in [6.07, 6.45) is 0. The number of rotatable bonds is 6. The zero-order valence-electron chi connectivity index (χ0n) is 17.2. The van der Waals surface area contributed by atoms with Crippen molar-refractivity contribution in [1.82, 2.24) is 0 Å². The molecule has 1 nitrogen and oxygen atoms in total. The van der Waals surface area contributed by atoms with Gasteiger partial charge < -0.3 is 5.32 Å². The van der Waals surface area contributed by atoms with Crippen LogP contribution in [0.5, 0.6) is 0 Å². The van der Waals surface area contributed by atoms with Gasteiger partial charge in [-0.15, -0.1) is 0 Å². The third kappa shape index (κ3) is 4.59. The molecule has 0 fully saturated rings. The van der Waals surface area contributed by atoms with Gasteiger partial charge in [0.15, 0.2) is 0 Å². The van der Waals surface area contributed by atoms with Gasteiger partial charge in [-0.1, -0.05) is 104 Å². The number of hydrogen-bond donors (Lipinski definition) is 1. The van der Waals surface area contributed by atoms with Gasteiger partial charge in [0.2, 0.25) is 0 Å². The van der Waals surface area contributed by atoms with Gasteiger partial charge in [0.05, 0.1) is 5.69 Å². The first-order valence-corrected chi connectivity index (χ1v) is 11.9. The Balaban J connectivity index is 1.90. The van der Waals surface area contributed by atoms with Crippen molar-refractivity contribution in [3.05, 3.63) is 114 Å². The molecule has 0 heterocycles. The van der Waals surface area contributed by atoms with Crippen molar-refractivity contribution < 1.29 is 0 Å². The Bertz CT molecular complexity index is 1050. The fraction of sp³-hybridized carbons (Fsp3) is 0.111. The van der Waals surface area contributed by atoms with Crippen LogP contribution in [0, 0.1) is 0 Å². The van der Waals surface area contributed by atoms with E-state index in [1.165, 1.54) is 27.2 Å². The molecule has 0 radical (unpaired) electrons. The molecule has 0 aliphatic heterocycles. The Morgan fingerprint density at radius 3 is 1.77 bits per heavy atom. The minimum Gasteiger partial charge on any atom is -0.355 e. The summed E-state index contributed by atoms with van der Waals surface area (Å²) in [4.78, 5) is 0. The van der Waals surface area contributed by atoms with Gasteiger partial charge in [0, 0.05) is 16.0 Å². The summed E-state index contributed by atoms with van der Waals surface area (Å²) in [6.45, 7) is 4.50. The van der Waals surface area contributed by atoms with Crippen molar-refractivity contribution >= 4 is 46.8 Å². The number of benzene rings is 4. The molecule has 4 rings (SSSR count). The first kappa shape index (κ1) is 20.7. The van der Waals surface area contributed by atoms with Crippen molar-refractivity contribution in [2.75, 3.05) is 5.32 Å². The number of para-hydroxylation sites is 1. The zero-order valence-corrected chi connectivity index (χ0v) is 18.9. The quantitative estimate of drug-likeness (QED) is 0.326. The van der Waals surface area contributed by atoms with Crippen LogP contribution in [0.25, 0.3) is 0 Å². The molecule has 0 saturated carbocycles. The fourth-order valence-corrected chi connectivity index (χ4v) is 6.18. The van der Waals surface area contributed by atoms with Gasteiger partial charge in [-0.2, -0.15) is 0 Å². The second-order valence-electron chi connectivity index (χ2n) is 7.53. The van der Waals surface area contributed by atoms with Crippen LogP contribution in [0.15, 0.2) is 103 Å². The molecule has 0 unspecified atom stereocenters. The summed E-state index contributed by atoms with van der Waals surface area (Å²) in [6, 6.07) is 36.3. The van der Waals surface area contributed by atoms with E-state index in [9.17, 15) is 0 Å². The maximum absolute atomic E-state index is 6.11. The van der Waals surface area contributed by atoms with E-state index in [1.807, 2.05) is 24.3 Å². The molecule has 0 amide bonds. The lowest BCUT2D eigenvalue weighted by Gasteiger charge is -2.26. The van der Waals surface area contributed by atoms with Crippen molar-refractivity contribution in [3.8, 4) is 0 Å². The minimum absolute atomic E-state index is 0.406. The smallest absolute Gasteiger partial charge is 0.0504 e. The summed E-state index contributed by atoms with van der Waals surface area (Å²) in [5.74, 6) is 0.406. The van der Waals surface area contributed by atoms with E-state index in [4.69, 9.17) is 11.6 Å². The highest BCUT2D eigenvalue weighted by Crippen LogP contribution is 2.39. The zero-order chi connectivity index (χ0) is 20.9. The lowest BCUT2D eigenvalue weighted by atomic mass is 10.0. The predicted octanol–water partition coefficient (Wildman–Crippen LogP) is 6.97. The van der Waals surface area contributed by atoms with Crippen LogP contribution < -0.4 is 21.2 Å². The topological polar surface area (TPSA) is 12.0 Å². The van der Waals surface area contributed by atoms with Gasteiger partial charge >= 0.3 is 0 Å². The van der Waals surface area contributed by atoms with Crippen LogP contribution in [-0.2, 0) is 0 Å². The predicted molar refractivity (Wildman–Crippen MR) is 134 cm³/mol. The Morgan fingerprint density at radius 2 is 1.23 bits per heavy atom. The van der Waals surface area contributed by atoms with E-state index in [1.54, 1.807) is 0 Å². The van der Waals surface area contributed by atoms with E-state index >= 15 is 0 Å². The summed E-state index contributed by atoms with van der Waals surface area (Å²) in [5.41, 5.74) is 3.57. The fourth-order valence-electron chi connectivity index (χ4n) is 3.62. The van der Waals surface area contributed by atoms with Crippen LogP contribution in [0.2, 0.25) is 5.02 Å². The third-order valence-corrected chi connectivity index (χ3v) is 7.82. The molecule has 0 aliphatic carbocycles. The van der Waals surface area contributed by atoms with Crippen LogP contribution in [0.3, 0.4) is 0 Å². The monoisotopic (exact) mass is 429 g/mol. The molecule has 0 spiro atoms. The SMILES string of the molecule is CC(C)c1cccc(P(c2ccccc2)c2ccccc2)c1Nc1ccc(Cl)cc1. The number of halogens is 1. The summed E-state index contributed by atoms with van der Waals surface area (Å²) in [7, 11) is -0.699. The molecule has 150 valence electrons. The normalized spacial score (nSPS) is 11.1. The molecule has 0 aromatic heterocycles. The summed E-state index contributed by atoms with van der Waals surface area (Å²) < 4.78 is 0. The Morgan fingerprint density at radius 1 is 0.667 bits per heavy atom. The summed E-state index contributed by atoms with van der Waals surface area (Å²) >= 11 is 6.11. The van der Waals surface area contributed by atoms with Gasteiger partial charge in [0.1, 0.15) is 0 Å². The second-order valence-corrected chi connectivity index (χ2v) is 10.2. The highest BCUT2D eigenvalue weighted by molar-refractivity contribution is 7.80. The van der Waals surface area contributed by atoms with Crippen LogP contribution in [0.4, 0.5) is 11.4 Å². The number of nitrogens with one attached hydrogen (secondary N) is 1. The molecule has 0 bridgehead atoms. The third-order valence-electron chi connectivity index (χ3n) is 5.08. The standard InChI is InChI=1S/C27H25ClNP/c1-20(2)25-14-9-15-26(27(25)29-22-18-16-21(28)17-19-22)30(23-10-5-3-6-11-23)24-12-7-4-8-13-24/h3-20,29H,1-2H3. The molecule has 0 saturated heterocycles. The Hall–Kier alpha value is -2.60. The first-order chi connectivity index (χ1) is 14.6. The van der Waals surface area contributed by atoms with E-state index in [0.29, 0.717) is 5.92 Å². The largest absolute Gasteiger partial charge is 0.355 e. The molecule has 4 aromatic carbocycles. The van der Waals surface area contributed by atoms with Gasteiger partial charge in [-0.05, 0) is 54.3 Å². The van der Waals surface area contributed by atoms with Gasteiger partial charge in [0.25, 0.3) is 0 Å². The molecule has 3 heteroatoms. The highest BCUT2D eigenvalue weighted by Gasteiger charge is 2.22. The Kier molecular flexibility index (Phi) is 6.53. The van der Waals surface area contributed by atoms with Crippen LogP contribution >= 0.6 is 19.5 Å². The number of anilines is 2. The van der Waals surface area contributed by atoms with E-state index in [0.717, 1.165) is 10.7 Å². The van der Waals surface area contributed by atoms with E-state index < -0.39 is 7.92 Å². The second kappa shape index (κ2) is 9.47. The molecule has 30 heavy (non-hydrogen) atoms. The highest BCUT2D eigenvalue weighted by atomic mass is 35.5. The molecule has 0 aliphatic rings. The molecule has 4 aromatic rings. The molecular formula is C27H25ClNP. The van der Waals surface area contributed by atoms with Crippen molar-refractivity contribution in [2.45, 2.75) is 19.8 Å². The average molecular weight is 430 g/mol. The molecule has 1 N–H and O–H groups in total. The Labute approximate surface area is 185 Å². The van der Waals surface area contributed by atoms with Crippen molar-refractivity contribution in [2.24, 2.45) is 0 Å². The molecule has 0 atom stereocenters. The van der Waals surface area contributed by atoms with Crippen LogP contribution in [-0.4, -0.2) is 0 Å². The van der Waals surface area contributed by atoms with E-state index in [2.05, 4.69) is 98.0 Å². The lowest BCUT2D eigenvalue weighted by molar-refractivity contribution is 0.870. The maximum Gasteiger partial charge on any atom is 0.0504 e. The number of hydrogen-bond acceptors (Lipinski definition) is 1. The summed E-state index contributed by atoms with van der Waals surface area (Å²) in [5, 5.41) is 8.50. The maximum atomic E-state index is 6.11. The average Bonchev–Trinajstić information content (AvgIpc) is 2.78. The molecular weight excluding hydrogens is 405 g/mol. The lowest BCUT2D eigenvalue weighted by Crippen LogP contribution is -2.23.